The molecular formula is C19H30F2O2Si. The zero-order chi connectivity index (χ0) is 18.2. The molecule has 1 aromatic rings. The first-order valence-corrected chi connectivity index (χ1v) is 11.5. The molecule has 0 aromatic heterocycles. The summed E-state index contributed by atoms with van der Waals surface area (Å²) in [5.41, 5.74) is -0.319. The Morgan fingerprint density at radius 3 is 2.08 bits per heavy atom. The zero-order valence-electron chi connectivity index (χ0n) is 15.7. The van der Waals surface area contributed by atoms with Crippen molar-refractivity contribution in [2.75, 3.05) is 0 Å². The number of benzene rings is 1. The van der Waals surface area contributed by atoms with Crippen LogP contribution in [0.4, 0.5) is 8.78 Å². The van der Waals surface area contributed by atoms with Gasteiger partial charge in [0.2, 0.25) is 0 Å². The van der Waals surface area contributed by atoms with Gasteiger partial charge in [-0.05, 0) is 23.7 Å². The van der Waals surface area contributed by atoms with E-state index in [4.69, 9.17) is 9.16 Å². The zero-order valence-corrected chi connectivity index (χ0v) is 16.7. The van der Waals surface area contributed by atoms with E-state index in [1.807, 2.05) is 43.4 Å². The second-order valence-electron chi connectivity index (χ2n) is 8.57. The molecule has 2 nitrogen and oxygen atoms in total. The summed E-state index contributed by atoms with van der Waals surface area (Å²) in [6, 6.07) is 9.80. The Labute approximate surface area is 145 Å². The fourth-order valence-electron chi connectivity index (χ4n) is 2.75. The van der Waals surface area contributed by atoms with Gasteiger partial charge in [0.05, 0.1) is 12.7 Å². The van der Waals surface area contributed by atoms with E-state index in [2.05, 4.69) is 20.8 Å². The minimum Gasteiger partial charge on any atom is -0.405 e. The highest BCUT2D eigenvalue weighted by molar-refractivity contribution is 6.74. The van der Waals surface area contributed by atoms with Crippen molar-refractivity contribution >= 4 is 8.32 Å². The van der Waals surface area contributed by atoms with E-state index in [0.717, 1.165) is 12.5 Å². The molecule has 0 saturated heterocycles. The van der Waals surface area contributed by atoms with Gasteiger partial charge in [0, 0.05) is 19.8 Å². The molecule has 1 aliphatic rings. The molecule has 0 bridgehead atoms. The largest absolute Gasteiger partial charge is 0.405 e. The van der Waals surface area contributed by atoms with Crippen LogP contribution in [0.1, 0.15) is 46.1 Å². The topological polar surface area (TPSA) is 18.5 Å². The van der Waals surface area contributed by atoms with Crippen molar-refractivity contribution in [1.29, 1.82) is 0 Å². The molecule has 1 aliphatic carbocycles. The van der Waals surface area contributed by atoms with Gasteiger partial charge in [0.25, 0.3) is 5.92 Å². The molecule has 136 valence electrons. The van der Waals surface area contributed by atoms with Crippen molar-refractivity contribution in [3.63, 3.8) is 0 Å². The van der Waals surface area contributed by atoms with Gasteiger partial charge in [0.1, 0.15) is 5.60 Å². The highest BCUT2D eigenvalue weighted by Gasteiger charge is 2.62. The predicted octanol–water partition coefficient (Wildman–Crippen LogP) is 5.78. The van der Waals surface area contributed by atoms with Crippen LogP contribution in [0.3, 0.4) is 0 Å². The van der Waals surface area contributed by atoms with Crippen LogP contribution >= 0.6 is 0 Å². The monoisotopic (exact) mass is 356 g/mol. The Kier molecular flexibility index (Phi) is 5.29. The van der Waals surface area contributed by atoms with Gasteiger partial charge >= 0.3 is 0 Å². The molecule has 24 heavy (non-hydrogen) atoms. The van der Waals surface area contributed by atoms with Gasteiger partial charge in [-0.1, -0.05) is 51.1 Å². The molecule has 2 rings (SSSR count). The molecule has 0 spiro atoms. The van der Waals surface area contributed by atoms with Crippen LogP contribution < -0.4 is 0 Å². The van der Waals surface area contributed by atoms with Crippen molar-refractivity contribution in [3.8, 4) is 0 Å². The SMILES string of the molecule is CC(F)(F)C1(O[Si](C)(C)C(C)(C)C)CC(OCc2ccccc2)C1. The third-order valence-electron chi connectivity index (χ3n) is 5.50. The molecule has 0 radical (unpaired) electrons. The third kappa shape index (κ3) is 4.06. The van der Waals surface area contributed by atoms with Gasteiger partial charge in [-0.15, -0.1) is 0 Å². The second-order valence-corrected chi connectivity index (χ2v) is 13.3. The molecule has 0 heterocycles. The molecule has 5 heteroatoms. The van der Waals surface area contributed by atoms with Crippen LogP contribution in [0.2, 0.25) is 18.1 Å². The Bertz CT molecular complexity index is 541. The number of ether oxygens (including phenoxy) is 1. The summed E-state index contributed by atoms with van der Waals surface area (Å²) in [4.78, 5) is 0. The Morgan fingerprint density at radius 1 is 1.08 bits per heavy atom. The summed E-state index contributed by atoms with van der Waals surface area (Å²) in [7, 11) is -2.27. The van der Waals surface area contributed by atoms with E-state index in [1.54, 1.807) is 0 Å². The molecule has 0 atom stereocenters. The molecule has 1 fully saturated rings. The summed E-state index contributed by atoms with van der Waals surface area (Å²) in [6.45, 7) is 11.7. The molecule has 1 saturated carbocycles. The van der Waals surface area contributed by atoms with Crippen molar-refractivity contribution in [1.82, 2.24) is 0 Å². The van der Waals surface area contributed by atoms with Crippen LogP contribution in [0.5, 0.6) is 0 Å². The van der Waals surface area contributed by atoms with Gasteiger partial charge in [-0.3, -0.25) is 0 Å². The van der Waals surface area contributed by atoms with Crippen molar-refractivity contribution in [3.05, 3.63) is 35.9 Å². The maximum absolute atomic E-state index is 14.3. The minimum atomic E-state index is -2.87. The van der Waals surface area contributed by atoms with Crippen LogP contribution in [0, 0.1) is 0 Å². The van der Waals surface area contributed by atoms with Gasteiger partial charge in [-0.2, -0.15) is 0 Å². The van der Waals surface area contributed by atoms with Gasteiger partial charge < -0.3 is 9.16 Å². The molecule has 0 amide bonds. The Morgan fingerprint density at radius 2 is 1.62 bits per heavy atom. The number of rotatable bonds is 6. The summed E-state index contributed by atoms with van der Waals surface area (Å²) in [6.07, 6.45) is 0.354. The standard InChI is InChI=1S/C19H30F2O2Si/c1-17(2,3)24(5,6)23-19(18(4,20)21)12-16(13-19)22-14-15-10-8-7-9-11-15/h7-11,16H,12-14H2,1-6H3. The van der Waals surface area contributed by atoms with E-state index < -0.39 is 19.8 Å². The fraction of sp³-hybridized carbons (Fsp3) is 0.684. The predicted molar refractivity (Wildman–Crippen MR) is 95.9 cm³/mol. The third-order valence-corrected chi connectivity index (χ3v) is 10.0. The average molecular weight is 357 g/mol. The van der Waals surface area contributed by atoms with E-state index in [-0.39, 0.29) is 24.0 Å². The lowest BCUT2D eigenvalue weighted by Gasteiger charge is -2.55. The van der Waals surface area contributed by atoms with Crippen LogP contribution in [0.25, 0.3) is 0 Å². The molecule has 0 N–H and O–H groups in total. The lowest BCUT2D eigenvalue weighted by Crippen LogP contribution is -2.65. The summed E-state index contributed by atoms with van der Waals surface area (Å²) in [5.74, 6) is -2.87. The highest BCUT2D eigenvalue weighted by atomic mass is 28.4. The van der Waals surface area contributed by atoms with E-state index >= 15 is 0 Å². The van der Waals surface area contributed by atoms with Crippen LogP contribution in [-0.4, -0.2) is 25.9 Å². The summed E-state index contributed by atoms with van der Waals surface area (Å²) < 4.78 is 40.6. The Balaban J connectivity index is 2.01. The maximum atomic E-state index is 14.3. The molecule has 1 aromatic carbocycles. The number of halogens is 2. The first kappa shape index (κ1) is 19.5. The van der Waals surface area contributed by atoms with E-state index in [0.29, 0.717) is 6.61 Å². The van der Waals surface area contributed by atoms with Crippen molar-refractivity contribution in [2.24, 2.45) is 0 Å². The number of alkyl halides is 2. The smallest absolute Gasteiger partial charge is 0.272 e. The Hall–Kier alpha value is -0.783. The fourth-order valence-corrected chi connectivity index (χ4v) is 4.38. The summed E-state index contributed by atoms with van der Waals surface area (Å²) >= 11 is 0. The maximum Gasteiger partial charge on any atom is 0.272 e. The van der Waals surface area contributed by atoms with Crippen molar-refractivity contribution < 1.29 is 17.9 Å². The molecular weight excluding hydrogens is 326 g/mol. The normalized spacial score (nSPS) is 25.4. The van der Waals surface area contributed by atoms with Gasteiger partial charge in [-0.25, -0.2) is 8.78 Å². The van der Waals surface area contributed by atoms with E-state index in [1.165, 1.54) is 0 Å². The first-order chi connectivity index (χ1) is 10.9. The lowest BCUT2D eigenvalue weighted by atomic mass is 9.73. The first-order valence-electron chi connectivity index (χ1n) is 8.60. The van der Waals surface area contributed by atoms with Crippen LogP contribution in [-0.2, 0) is 15.8 Å². The van der Waals surface area contributed by atoms with Crippen molar-refractivity contribution in [2.45, 2.75) is 82.9 Å². The molecule has 0 aliphatic heterocycles. The second kappa shape index (κ2) is 6.50. The quantitative estimate of drug-likeness (QED) is 0.601. The van der Waals surface area contributed by atoms with Crippen LogP contribution in [0.15, 0.2) is 30.3 Å². The van der Waals surface area contributed by atoms with Gasteiger partial charge in [0.15, 0.2) is 8.32 Å². The van der Waals surface area contributed by atoms with E-state index in [9.17, 15) is 8.78 Å². The minimum absolute atomic E-state index is 0.0960. The average Bonchev–Trinajstić information content (AvgIpc) is 2.39. The number of hydrogen-bond donors (Lipinski definition) is 0. The number of hydrogen-bond acceptors (Lipinski definition) is 2. The molecule has 0 unspecified atom stereocenters. The highest BCUT2D eigenvalue weighted by Crippen LogP contribution is 2.52. The summed E-state index contributed by atoms with van der Waals surface area (Å²) in [5, 5.41) is -0.0960. The lowest BCUT2D eigenvalue weighted by molar-refractivity contribution is -0.240.